The average molecular weight is 335 g/mol. The van der Waals surface area contributed by atoms with E-state index in [1.165, 1.54) is 23.3 Å². The first-order valence-corrected chi connectivity index (χ1v) is 7.71. The molecular formula is C17H16BrFO. The number of benzene rings is 2. The fraction of sp³-hybridized carbons (Fsp3) is 0.294. The maximum atomic E-state index is 12.9. The van der Waals surface area contributed by atoms with E-state index in [0.717, 1.165) is 24.2 Å². The zero-order valence-electron chi connectivity index (χ0n) is 11.3. The van der Waals surface area contributed by atoms with Crippen molar-refractivity contribution in [3.8, 4) is 5.75 Å². The van der Waals surface area contributed by atoms with Crippen molar-refractivity contribution in [2.24, 2.45) is 0 Å². The summed E-state index contributed by atoms with van der Waals surface area (Å²) < 4.78 is 18.6. The van der Waals surface area contributed by atoms with Gasteiger partial charge in [0.25, 0.3) is 0 Å². The molecule has 3 rings (SSSR count). The average Bonchev–Trinajstić information content (AvgIpc) is 2.80. The van der Waals surface area contributed by atoms with Crippen LogP contribution in [0.4, 0.5) is 4.39 Å². The summed E-state index contributed by atoms with van der Waals surface area (Å²) in [6, 6.07) is 13.0. The quantitative estimate of drug-likeness (QED) is 0.730. The molecule has 0 fully saturated rings. The maximum absolute atomic E-state index is 12.9. The van der Waals surface area contributed by atoms with Gasteiger partial charge in [-0.3, -0.25) is 0 Å². The van der Waals surface area contributed by atoms with Crippen molar-refractivity contribution in [1.82, 2.24) is 0 Å². The van der Waals surface area contributed by atoms with Gasteiger partial charge in [0, 0.05) is 11.2 Å². The predicted molar refractivity (Wildman–Crippen MR) is 82.0 cm³/mol. The Morgan fingerprint density at radius 3 is 2.75 bits per heavy atom. The first-order valence-electron chi connectivity index (χ1n) is 6.80. The van der Waals surface area contributed by atoms with Crippen LogP contribution < -0.4 is 4.74 Å². The first kappa shape index (κ1) is 13.6. The summed E-state index contributed by atoms with van der Waals surface area (Å²) in [5.41, 5.74) is 3.64. The Bertz CT molecular complexity index is 609. The second-order valence-electron chi connectivity index (χ2n) is 5.30. The summed E-state index contributed by atoms with van der Waals surface area (Å²) in [7, 11) is 0. The number of ether oxygens (including phenoxy) is 1. The number of rotatable bonds is 3. The molecule has 1 heterocycles. The molecule has 3 heteroatoms. The minimum Gasteiger partial charge on any atom is -0.490 e. The van der Waals surface area contributed by atoms with Crippen molar-refractivity contribution in [3.05, 3.63) is 65.0 Å². The summed E-state index contributed by atoms with van der Waals surface area (Å²) in [5, 5.41) is 0. The van der Waals surface area contributed by atoms with Crippen LogP contribution >= 0.6 is 15.9 Å². The van der Waals surface area contributed by atoms with E-state index in [1.807, 2.05) is 18.2 Å². The SMILES string of the molecule is CC1Cc2cc(C(Br)Cc3ccc(F)cc3)ccc2O1. The highest BCUT2D eigenvalue weighted by atomic mass is 79.9. The summed E-state index contributed by atoms with van der Waals surface area (Å²) >= 11 is 3.73. The molecule has 1 nitrogen and oxygen atoms in total. The lowest BCUT2D eigenvalue weighted by Crippen LogP contribution is -2.05. The third-order valence-corrected chi connectivity index (χ3v) is 4.46. The van der Waals surface area contributed by atoms with Gasteiger partial charge in [-0.25, -0.2) is 4.39 Å². The van der Waals surface area contributed by atoms with Crippen LogP contribution in [-0.2, 0) is 12.8 Å². The van der Waals surface area contributed by atoms with E-state index in [-0.39, 0.29) is 16.7 Å². The third kappa shape index (κ3) is 2.88. The van der Waals surface area contributed by atoms with Crippen molar-refractivity contribution in [3.63, 3.8) is 0 Å². The van der Waals surface area contributed by atoms with Crippen molar-refractivity contribution in [2.75, 3.05) is 0 Å². The van der Waals surface area contributed by atoms with Gasteiger partial charge in [0.15, 0.2) is 0 Å². The lowest BCUT2D eigenvalue weighted by molar-refractivity contribution is 0.254. The van der Waals surface area contributed by atoms with E-state index >= 15 is 0 Å². The van der Waals surface area contributed by atoms with Crippen molar-refractivity contribution < 1.29 is 9.13 Å². The monoisotopic (exact) mass is 334 g/mol. The Labute approximate surface area is 126 Å². The first-order chi connectivity index (χ1) is 9.61. The fourth-order valence-electron chi connectivity index (χ4n) is 2.58. The van der Waals surface area contributed by atoms with Crippen molar-refractivity contribution in [1.29, 1.82) is 0 Å². The molecule has 0 N–H and O–H groups in total. The van der Waals surface area contributed by atoms with E-state index in [9.17, 15) is 4.39 Å². The molecule has 1 aliphatic heterocycles. The van der Waals surface area contributed by atoms with Crippen LogP contribution in [-0.4, -0.2) is 6.10 Å². The zero-order chi connectivity index (χ0) is 14.1. The zero-order valence-corrected chi connectivity index (χ0v) is 12.9. The molecule has 0 bridgehead atoms. The smallest absolute Gasteiger partial charge is 0.123 e. The van der Waals surface area contributed by atoms with Gasteiger partial charge in [-0.15, -0.1) is 0 Å². The summed E-state index contributed by atoms with van der Waals surface area (Å²) in [5.74, 6) is 0.811. The van der Waals surface area contributed by atoms with Gasteiger partial charge in [0.1, 0.15) is 17.7 Å². The van der Waals surface area contributed by atoms with Crippen LogP contribution in [0.15, 0.2) is 42.5 Å². The largest absolute Gasteiger partial charge is 0.490 e. The van der Waals surface area contributed by atoms with E-state index in [2.05, 4.69) is 35.0 Å². The molecule has 0 saturated carbocycles. The van der Waals surface area contributed by atoms with Gasteiger partial charge in [0.2, 0.25) is 0 Å². The molecule has 0 aliphatic carbocycles. The standard InChI is InChI=1S/C17H16BrFO/c1-11-8-14-10-13(4-7-17(14)20-11)16(18)9-12-2-5-15(19)6-3-12/h2-7,10-11,16H,8-9H2,1H3. The lowest BCUT2D eigenvalue weighted by Gasteiger charge is -2.11. The van der Waals surface area contributed by atoms with Crippen LogP contribution in [0.5, 0.6) is 5.75 Å². The van der Waals surface area contributed by atoms with Crippen LogP contribution in [0.25, 0.3) is 0 Å². The highest BCUT2D eigenvalue weighted by molar-refractivity contribution is 9.09. The molecule has 0 amide bonds. The predicted octanol–water partition coefficient (Wildman–Crippen LogP) is 4.83. The van der Waals surface area contributed by atoms with Crippen molar-refractivity contribution in [2.45, 2.75) is 30.7 Å². The van der Waals surface area contributed by atoms with E-state index in [1.54, 1.807) is 0 Å². The Kier molecular flexibility index (Phi) is 3.79. The molecule has 2 unspecified atom stereocenters. The van der Waals surface area contributed by atoms with Gasteiger partial charge in [-0.2, -0.15) is 0 Å². The topological polar surface area (TPSA) is 9.23 Å². The van der Waals surface area contributed by atoms with E-state index in [0.29, 0.717) is 0 Å². The van der Waals surface area contributed by atoms with E-state index < -0.39 is 0 Å². The molecular weight excluding hydrogens is 319 g/mol. The lowest BCUT2D eigenvalue weighted by atomic mass is 10.0. The second kappa shape index (κ2) is 5.57. The van der Waals surface area contributed by atoms with Gasteiger partial charge in [0.05, 0.1) is 0 Å². The van der Waals surface area contributed by atoms with Gasteiger partial charge < -0.3 is 4.74 Å². The van der Waals surface area contributed by atoms with E-state index in [4.69, 9.17) is 4.74 Å². The fourth-order valence-corrected chi connectivity index (χ4v) is 3.24. The highest BCUT2D eigenvalue weighted by Gasteiger charge is 2.20. The third-order valence-electron chi connectivity index (χ3n) is 3.61. The second-order valence-corrected chi connectivity index (χ2v) is 6.40. The van der Waals surface area contributed by atoms with Gasteiger partial charge in [-0.1, -0.05) is 40.2 Å². The Balaban J connectivity index is 1.76. The maximum Gasteiger partial charge on any atom is 0.123 e. The number of halogens is 2. The van der Waals surface area contributed by atoms with Crippen LogP contribution in [0.1, 0.15) is 28.4 Å². The number of alkyl halides is 1. The van der Waals surface area contributed by atoms with Gasteiger partial charge in [-0.05, 0) is 48.2 Å². The Morgan fingerprint density at radius 1 is 1.25 bits per heavy atom. The number of hydrogen-bond donors (Lipinski definition) is 0. The molecule has 2 aromatic rings. The summed E-state index contributed by atoms with van der Waals surface area (Å²) in [6.45, 7) is 2.09. The molecule has 104 valence electrons. The summed E-state index contributed by atoms with van der Waals surface area (Å²) in [6.07, 6.45) is 2.08. The summed E-state index contributed by atoms with van der Waals surface area (Å²) in [4.78, 5) is 0.231. The minimum atomic E-state index is -0.191. The Hall–Kier alpha value is -1.35. The molecule has 0 radical (unpaired) electrons. The molecule has 0 aromatic heterocycles. The van der Waals surface area contributed by atoms with Crippen LogP contribution in [0, 0.1) is 5.82 Å². The normalized spacial score (nSPS) is 18.4. The molecule has 1 aliphatic rings. The van der Waals surface area contributed by atoms with Crippen LogP contribution in [0.2, 0.25) is 0 Å². The molecule has 20 heavy (non-hydrogen) atoms. The molecule has 2 atom stereocenters. The number of fused-ring (bicyclic) bond motifs is 1. The highest BCUT2D eigenvalue weighted by Crippen LogP contribution is 2.34. The molecule has 0 spiro atoms. The van der Waals surface area contributed by atoms with Crippen molar-refractivity contribution >= 4 is 15.9 Å². The molecule has 2 aromatic carbocycles. The number of hydrogen-bond acceptors (Lipinski definition) is 1. The van der Waals surface area contributed by atoms with Crippen LogP contribution in [0.3, 0.4) is 0 Å². The molecule has 0 saturated heterocycles. The van der Waals surface area contributed by atoms with Gasteiger partial charge >= 0.3 is 0 Å². The minimum absolute atomic E-state index is 0.191. The Morgan fingerprint density at radius 2 is 2.00 bits per heavy atom.